The third kappa shape index (κ3) is 4.88. The summed E-state index contributed by atoms with van der Waals surface area (Å²) < 4.78 is 5.49. The van der Waals surface area contributed by atoms with Gasteiger partial charge in [-0.25, -0.2) is 4.79 Å². The van der Waals surface area contributed by atoms with Gasteiger partial charge in [0.1, 0.15) is 5.60 Å². The van der Waals surface area contributed by atoms with Gasteiger partial charge in [0.2, 0.25) is 0 Å². The first-order chi connectivity index (χ1) is 10.8. The first-order valence-electron chi connectivity index (χ1n) is 8.68. The number of fused-ring (bicyclic) bond motifs is 1. The zero-order valence-electron chi connectivity index (χ0n) is 15.1. The number of amides is 1. The molecule has 1 aliphatic heterocycles. The van der Waals surface area contributed by atoms with Crippen LogP contribution in [0.25, 0.3) is 0 Å². The Bertz CT molecular complexity index is 545. The van der Waals surface area contributed by atoms with E-state index >= 15 is 0 Å². The van der Waals surface area contributed by atoms with Crippen LogP contribution in [0.15, 0.2) is 18.2 Å². The summed E-state index contributed by atoms with van der Waals surface area (Å²) in [5, 5.41) is 3.58. The van der Waals surface area contributed by atoms with Crippen molar-refractivity contribution in [2.75, 3.05) is 11.9 Å². The molecule has 1 amide bonds. The molecule has 0 unspecified atom stereocenters. The molecule has 4 heteroatoms. The smallest absolute Gasteiger partial charge is 0.410 e. The van der Waals surface area contributed by atoms with E-state index in [0.29, 0.717) is 12.6 Å². The molecule has 0 radical (unpaired) electrons. The molecule has 1 aromatic rings. The number of carbonyl (C=O) groups is 1. The molecule has 0 aliphatic carbocycles. The van der Waals surface area contributed by atoms with E-state index < -0.39 is 5.60 Å². The number of hydrogen-bond donors (Lipinski definition) is 1. The summed E-state index contributed by atoms with van der Waals surface area (Å²) in [5.41, 5.74) is 3.25. The fourth-order valence-electron chi connectivity index (χ4n) is 2.86. The highest BCUT2D eigenvalue weighted by Gasteiger charge is 2.25. The molecule has 23 heavy (non-hydrogen) atoms. The van der Waals surface area contributed by atoms with E-state index in [9.17, 15) is 4.79 Å². The third-order valence-electron chi connectivity index (χ3n) is 4.23. The number of nitrogens with zero attached hydrogens (tertiary/aromatic N) is 1. The minimum atomic E-state index is -0.448. The van der Waals surface area contributed by atoms with Crippen LogP contribution in [0.3, 0.4) is 0 Å². The van der Waals surface area contributed by atoms with Crippen molar-refractivity contribution in [2.24, 2.45) is 0 Å². The summed E-state index contributed by atoms with van der Waals surface area (Å²) in [6.45, 7) is 11.5. The summed E-state index contributed by atoms with van der Waals surface area (Å²) in [6.07, 6.45) is 2.89. The van der Waals surface area contributed by atoms with Gasteiger partial charge in [-0.2, -0.15) is 0 Å². The lowest BCUT2D eigenvalue weighted by Crippen LogP contribution is -2.39. The molecule has 0 aromatic heterocycles. The fourth-order valence-corrected chi connectivity index (χ4v) is 2.86. The number of benzene rings is 1. The van der Waals surface area contributed by atoms with E-state index in [-0.39, 0.29) is 6.09 Å². The Balaban J connectivity index is 2.08. The van der Waals surface area contributed by atoms with Crippen LogP contribution in [0.5, 0.6) is 0 Å². The second kappa shape index (κ2) is 7.24. The van der Waals surface area contributed by atoms with E-state index in [1.165, 1.54) is 11.1 Å². The molecule has 1 N–H and O–H groups in total. The Kier molecular flexibility index (Phi) is 5.55. The van der Waals surface area contributed by atoms with Crippen LogP contribution in [-0.4, -0.2) is 29.2 Å². The average molecular weight is 318 g/mol. The van der Waals surface area contributed by atoms with Gasteiger partial charge in [0.25, 0.3) is 0 Å². The van der Waals surface area contributed by atoms with Gasteiger partial charge in [-0.05, 0) is 63.3 Å². The quantitative estimate of drug-likeness (QED) is 0.883. The lowest BCUT2D eigenvalue weighted by molar-refractivity contribution is 0.0224. The molecule has 0 spiro atoms. The maximum atomic E-state index is 12.3. The molecule has 0 bridgehead atoms. The van der Waals surface area contributed by atoms with Gasteiger partial charge in [0.05, 0.1) is 0 Å². The molecule has 0 fully saturated rings. The monoisotopic (exact) mass is 318 g/mol. The van der Waals surface area contributed by atoms with Gasteiger partial charge in [-0.1, -0.05) is 19.9 Å². The van der Waals surface area contributed by atoms with Crippen LogP contribution in [-0.2, 0) is 17.7 Å². The predicted molar refractivity (Wildman–Crippen MR) is 94.8 cm³/mol. The predicted octanol–water partition coefficient (Wildman–Crippen LogP) is 4.58. The van der Waals surface area contributed by atoms with Crippen LogP contribution >= 0.6 is 0 Å². The number of anilines is 1. The van der Waals surface area contributed by atoms with Crippen LogP contribution < -0.4 is 5.32 Å². The molecule has 0 atom stereocenters. The summed E-state index contributed by atoms with van der Waals surface area (Å²) >= 11 is 0. The highest BCUT2D eigenvalue weighted by molar-refractivity contribution is 5.69. The molecule has 2 rings (SSSR count). The first-order valence-corrected chi connectivity index (χ1v) is 8.68. The first kappa shape index (κ1) is 17.6. The normalized spacial score (nSPS) is 14.6. The van der Waals surface area contributed by atoms with E-state index in [1.807, 2.05) is 20.8 Å². The van der Waals surface area contributed by atoms with Gasteiger partial charge in [0, 0.05) is 24.8 Å². The van der Waals surface area contributed by atoms with Crippen LogP contribution in [0.1, 0.15) is 58.6 Å². The van der Waals surface area contributed by atoms with Crippen molar-refractivity contribution in [2.45, 2.75) is 72.1 Å². The Hall–Kier alpha value is -1.71. The lowest BCUT2D eigenvalue weighted by Gasteiger charge is -2.31. The van der Waals surface area contributed by atoms with Crippen molar-refractivity contribution in [3.63, 3.8) is 0 Å². The van der Waals surface area contributed by atoms with Gasteiger partial charge in [-0.3, -0.25) is 0 Å². The van der Waals surface area contributed by atoms with Crippen molar-refractivity contribution >= 4 is 11.8 Å². The van der Waals surface area contributed by atoms with Gasteiger partial charge >= 0.3 is 6.09 Å². The molecule has 1 aliphatic rings. The minimum Gasteiger partial charge on any atom is -0.444 e. The molecule has 128 valence electrons. The Morgan fingerprint density at radius 3 is 2.57 bits per heavy atom. The van der Waals surface area contributed by atoms with Crippen LogP contribution in [0.4, 0.5) is 10.5 Å². The molecule has 1 aromatic carbocycles. The number of rotatable bonds is 4. The number of ether oxygens (including phenoxy) is 1. The maximum absolute atomic E-state index is 12.3. The highest BCUT2D eigenvalue weighted by Crippen LogP contribution is 2.25. The van der Waals surface area contributed by atoms with Gasteiger partial charge < -0.3 is 15.0 Å². The highest BCUT2D eigenvalue weighted by atomic mass is 16.6. The Morgan fingerprint density at radius 1 is 1.26 bits per heavy atom. The fraction of sp³-hybridized carbons (Fsp3) is 0.632. The maximum Gasteiger partial charge on any atom is 0.410 e. The minimum absolute atomic E-state index is 0.221. The zero-order chi connectivity index (χ0) is 17.0. The molecule has 4 nitrogen and oxygen atoms in total. The zero-order valence-corrected chi connectivity index (χ0v) is 15.1. The molecule has 0 saturated carbocycles. The number of carbonyl (C=O) groups excluding carboxylic acids is 1. The van der Waals surface area contributed by atoms with Gasteiger partial charge in [0.15, 0.2) is 0 Å². The summed E-state index contributed by atoms with van der Waals surface area (Å²) in [5.74, 6) is 0. The molecular weight excluding hydrogens is 288 g/mol. The van der Waals surface area contributed by atoms with Crippen molar-refractivity contribution in [3.8, 4) is 0 Å². The SMILES string of the molecule is CCC(CC)Nc1ccc2c(c1)CN(C(=O)OC(C)(C)C)CC2. The third-order valence-corrected chi connectivity index (χ3v) is 4.23. The van der Waals surface area contributed by atoms with Crippen molar-refractivity contribution in [3.05, 3.63) is 29.3 Å². The average Bonchev–Trinajstić information content (AvgIpc) is 2.50. The molecule has 0 saturated heterocycles. The topological polar surface area (TPSA) is 41.6 Å². The van der Waals surface area contributed by atoms with Crippen molar-refractivity contribution in [1.29, 1.82) is 0 Å². The van der Waals surface area contributed by atoms with Crippen molar-refractivity contribution in [1.82, 2.24) is 4.90 Å². The molecular formula is C19H30N2O2. The summed E-state index contributed by atoms with van der Waals surface area (Å²) in [7, 11) is 0. The Labute approximate surface area is 140 Å². The van der Waals surface area contributed by atoms with Crippen LogP contribution in [0, 0.1) is 0 Å². The van der Waals surface area contributed by atoms with Crippen LogP contribution in [0.2, 0.25) is 0 Å². The summed E-state index contributed by atoms with van der Waals surface area (Å²) in [4.78, 5) is 14.1. The standard InChI is InChI=1S/C19H30N2O2/c1-6-16(7-2)20-17-9-8-14-10-11-21(13-15(14)12-17)18(22)23-19(3,4)5/h8-9,12,16,20H,6-7,10-11,13H2,1-5H3. The van der Waals surface area contributed by atoms with E-state index in [2.05, 4.69) is 37.4 Å². The Morgan fingerprint density at radius 2 is 1.96 bits per heavy atom. The number of nitrogens with one attached hydrogen (secondary N) is 1. The second-order valence-corrected chi connectivity index (χ2v) is 7.29. The number of hydrogen-bond acceptors (Lipinski definition) is 3. The van der Waals surface area contributed by atoms with E-state index in [4.69, 9.17) is 4.74 Å². The van der Waals surface area contributed by atoms with Gasteiger partial charge in [-0.15, -0.1) is 0 Å². The van der Waals surface area contributed by atoms with E-state index in [0.717, 1.165) is 31.5 Å². The largest absolute Gasteiger partial charge is 0.444 e. The lowest BCUT2D eigenvalue weighted by atomic mass is 9.99. The second-order valence-electron chi connectivity index (χ2n) is 7.29. The van der Waals surface area contributed by atoms with Crippen molar-refractivity contribution < 1.29 is 9.53 Å². The molecule has 1 heterocycles. The van der Waals surface area contributed by atoms with E-state index in [1.54, 1.807) is 4.90 Å². The summed E-state index contributed by atoms with van der Waals surface area (Å²) in [6, 6.07) is 7.02.